The maximum atomic E-state index is 13.4. The molecule has 0 saturated carbocycles. The van der Waals surface area contributed by atoms with Crippen molar-refractivity contribution in [1.29, 1.82) is 5.41 Å². The van der Waals surface area contributed by atoms with Crippen molar-refractivity contribution in [2.75, 3.05) is 0 Å². The van der Waals surface area contributed by atoms with Crippen LogP contribution in [0.25, 0.3) is 0 Å². The van der Waals surface area contributed by atoms with E-state index in [1.807, 2.05) is 0 Å². The molecule has 3 rings (SSSR count). The summed E-state index contributed by atoms with van der Waals surface area (Å²) in [7, 11) is 0. The Kier molecular flexibility index (Phi) is 3.06. The third-order valence-electron chi connectivity index (χ3n) is 3.15. The topological polar surface area (TPSA) is 72.0 Å². The Morgan fingerprint density at radius 2 is 2.25 bits per heavy atom. The minimum Gasteiger partial charge on any atom is -0.483 e. The maximum Gasteiger partial charge on any atom is 0.145 e. The molecule has 0 amide bonds. The highest BCUT2D eigenvalue weighted by Gasteiger charge is 2.27. The summed E-state index contributed by atoms with van der Waals surface area (Å²) >= 11 is 5.76. The van der Waals surface area contributed by atoms with Crippen LogP contribution < -0.4 is 10.5 Å². The molecular formula is C14H11ClFN3O. The van der Waals surface area contributed by atoms with Gasteiger partial charge < -0.3 is 10.5 Å². The van der Waals surface area contributed by atoms with Gasteiger partial charge in [-0.2, -0.15) is 0 Å². The maximum absolute atomic E-state index is 13.4. The van der Waals surface area contributed by atoms with Crippen LogP contribution in [0.2, 0.25) is 5.02 Å². The van der Waals surface area contributed by atoms with Gasteiger partial charge in [0.1, 0.15) is 29.2 Å². The fourth-order valence-electron chi connectivity index (χ4n) is 2.18. The van der Waals surface area contributed by atoms with Crippen molar-refractivity contribution in [2.45, 2.75) is 12.5 Å². The first-order valence-corrected chi connectivity index (χ1v) is 6.38. The largest absolute Gasteiger partial charge is 0.483 e. The molecule has 1 unspecified atom stereocenters. The van der Waals surface area contributed by atoms with Gasteiger partial charge in [0, 0.05) is 12.5 Å². The monoisotopic (exact) mass is 291 g/mol. The van der Waals surface area contributed by atoms with Gasteiger partial charge in [0.25, 0.3) is 0 Å². The Hall–Kier alpha value is -2.14. The van der Waals surface area contributed by atoms with Crippen molar-refractivity contribution in [3.8, 4) is 5.75 Å². The Labute approximate surface area is 119 Å². The Morgan fingerprint density at radius 3 is 3.00 bits per heavy atom. The molecule has 20 heavy (non-hydrogen) atoms. The molecule has 1 aromatic carbocycles. The number of ether oxygens (including phenoxy) is 1. The summed E-state index contributed by atoms with van der Waals surface area (Å²) in [5.41, 5.74) is 7.31. The second kappa shape index (κ2) is 4.76. The third kappa shape index (κ3) is 2.20. The zero-order valence-electron chi connectivity index (χ0n) is 10.4. The average Bonchev–Trinajstić information content (AvgIpc) is 2.82. The highest BCUT2D eigenvalue weighted by atomic mass is 35.5. The van der Waals surface area contributed by atoms with E-state index < -0.39 is 5.82 Å². The first-order valence-electron chi connectivity index (χ1n) is 6.00. The molecule has 1 atom stereocenters. The number of nitrogens with zero attached hydrogens (tertiary/aromatic N) is 1. The zero-order chi connectivity index (χ0) is 14.3. The molecule has 1 aliphatic rings. The molecule has 0 spiro atoms. The summed E-state index contributed by atoms with van der Waals surface area (Å²) < 4.78 is 19.1. The molecule has 102 valence electrons. The lowest BCUT2D eigenvalue weighted by molar-refractivity contribution is 0.232. The molecule has 0 radical (unpaired) electrons. The lowest BCUT2D eigenvalue weighted by Gasteiger charge is -2.11. The number of hydrogen-bond donors (Lipinski definition) is 2. The Bertz CT molecular complexity index is 674. The van der Waals surface area contributed by atoms with E-state index in [0.717, 1.165) is 5.56 Å². The molecule has 0 saturated heterocycles. The van der Waals surface area contributed by atoms with Crippen LogP contribution in [0.1, 0.15) is 23.1 Å². The van der Waals surface area contributed by atoms with Gasteiger partial charge >= 0.3 is 0 Å². The standard InChI is InChI=1S/C14H11ClFN3O/c15-8-4-7-5-13(20-12(7)6-9(8)16)10-2-1-3-11(19-10)14(17)18/h1-4,6,13H,5H2,(H3,17,18). The van der Waals surface area contributed by atoms with E-state index >= 15 is 0 Å². The second-order valence-electron chi connectivity index (χ2n) is 4.55. The number of nitrogen functional groups attached to an aromatic ring is 1. The van der Waals surface area contributed by atoms with Crippen molar-refractivity contribution >= 4 is 17.4 Å². The van der Waals surface area contributed by atoms with Crippen LogP contribution >= 0.6 is 11.6 Å². The lowest BCUT2D eigenvalue weighted by atomic mass is 10.1. The van der Waals surface area contributed by atoms with Crippen LogP contribution in [0.4, 0.5) is 4.39 Å². The smallest absolute Gasteiger partial charge is 0.145 e. The number of pyridine rings is 1. The highest BCUT2D eigenvalue weighted by Crippen LogP contribution is 2.38. The summed E-state index contributed by atoms with van der Waals surface area (Å²) in [6.07, 6.45) is 0.242. The van der Waals surface area contributed by atoms with Gasteiger partial charge in [0.15, 0.2) is 0 Å². The van der Waals surface area contributed by atoms with E-state index in [9.17, 15) is 4.39 Å². The number of amidine groups is 1. The summed E-state index contributed by atoms with van der Waals surface area (Å²) in [6.45, 7) is 0. The van der Waals surface area contributed by atoms with Crippen molar-refractivity contribution in [3.05, 3.63) is 58.1 Å². The molecule has 2 heterocycles. The fraction of sp³-hybridized carbons (Fsp3) is 0.143. The van der Waals surface area contributed by atoms with E-state index in [1.165, 1.54) is 6.07 Å². The number of halogens is 2. The van der Waals surface area contributed by atoms with Gasteiger partial charge in [-0.3, -0.25) is 5.41 Å². The Morgan fingerprint density at radius 1 is 1.45 bits per heavy atom. The number of aromatic nitrogens is 1. The summed E-state index contributed by atoms with van der Waals surface area (Å²) in [4.78, 5) is 4.28. The minimum absolute atomic E-state index is 0.0819. The number of hydrogen-bond acceptors (Lipinski definition) is 3. The number of benzene rings is 1. The van der Waals surface area contributed by atoms with Gasteiger partial charge in [-0.1, -0.05) is 17.7 Å². The SMILES string of the molecule is N=C(N)c1cccc(C2Cc3cc(Cl)c(F)cc3O2)n1. The second-order valence-corrected chi connectivity index (χ2v) is 4.95. The molecule has 0 fully saturated rings. The summed E-state index contributed by atoms with van der Waals surface area (Å²) in [5, 5.41) is 7.48. The lowest BCUT2D eigenvalue weighted by Crippen LogP contribution is -2.15. The highest BCUT2D eigenvalue weighted by molar-refractivity contribution is 6.30. The number of nitrogens with one attached hydrogen (secondary N) is 1. The fourth-order valence-corrected chi connectivity index (χ4v) is 2.37. The normalized spacial score (nSPS) is 16.6. The van der Waals surface area contributed by atoms with Crippen molar-refractivity contribution in [2.24, 2.45) is 5.73 Å². The van der Waals surface area contributed by atoms with Crippen LogP contribution in [0, 0.1) is 11.2 Å². The van der Waals surface area contributed by atoms with Crippen LogP contribution in [-0.4, -0.2) is 10.8 Å². The van der Waals surface area contributed by atoms with Crippen LogP contribution in [0.3, 0.4) is 0 Å². The first-order chi connectivity index (χ1) is 9.54. The number of fused-ring (bicyclic) bond motifs is 1. The molecule has 1 aromatic heterocycles. The summed E-state index contributed by atoms with van der Waals surface area (Å²) in [6, 6.07) is 8.07. The van der Waals surface area contributed by atoms with Gasteiger partial charge in [-0.05, 0) is 23.8 Å². The van der Waals surface area contributed by atoms with Crippen molar-refractivity contribution in [1.82, 2.24) is 4.98 Å². The van der Waals surface area contributed by atoms with Gasteiger partial charge in [0.2, 0.25) is 0 Å². The van der Waals surface area contributed by atoms with E-state index in [1.54, 1.807) is 24.3 Å². The van der Waals surface area contributed by atoms with Gasteiger partial charge in [0.05, 0.1) is 10.7 Å². The predicted octanol–water partition coefficient (Wildman–Crippen LogP) is 2.83. The van der Waals surface area contributed by atoms with E-state index in [2.05, 4.69) is 4.98 Å². The Balaban J connectivity index is 1.92. The van der Waals surface area contributed by atoms with E-state index in [4.69, 9.17) is 27.5 Å². The molecule has 6 heteroatoms. The van der Waals surface area contributed by atoms with Crippen LogP contribution in [0.5, 0.6) is 5.75 Å². The van der Waals surface area contributed by atoms with Crippen LogP contribution in [-0.2, 0) is 6.42 Å². The van der Waals surface area contributed by atoms with Crippen molar-refractivity contribution < 1.29 is 9.13 Å². The van der Waals surface area contributed by atoms with Crippen LogP contribution in [0.15, 0.2) is 30.3 Å². The quantitative estimate of drug-likeness (QED) is 0.660. The zero-order valence-corrected chi connectivity index (χ0v) is 11.1. The van der Waals surface area contributed by atoms with Gasteiger partial charge in [-0.25, -0.2) is 9.37 Å². The minimum atomic E-state index is -0.503. The summed E-state index contributed by atoms with van der Waals surface area (Å²) in [5.74, 6) is -0.125. The molecule has 0 bridgehead atoms. The molecule has 1 aliphatic heterocycles. The van der Waals surface area contributed by atoms with Gasteiger partial charge in [-0.15, -0.1) is 0 Å². The average molecular weight is 292 g/mol. The molecule has 4 nitrogen and oxygen atoms in total. The van der Waals surface area contributed by atoms with E-state index in [-0.39, 0.29) is 17.0 Å². The first kappa shape index (κ1) is 12.9. The molecule has 2 aromatic rings. The predicted molar refractivity (Wildman–Crippen MR) is 73.7 cm³/mol. The number of rotatable bonds is 2. The molecule has 3 N–H and O–H groups in total. The molecule has 0 aliphatic carbocycles. The van der Waals surface area contributed by atoms with E-state index in [0.29, 0.717) is 23.6 Å². The van der Waals surface area contributed by atoms with Crippen molar-refractivity contribution in [3.63, 3.8) is 0 Å². The molecular weight excluding hydrogens is 281 g/mol. The third-order valence-corrected chi connectivity index (χ3v) is 3.44. The number of nitrogens with two attached hydrogens (primary N) is 1.